The predicted molar refractivity (Wildman–Crippen MR) is 77.6 cm³/mol. The number of anilines is 1. The molecular formula is C14H15N3OS. The number of furan rings is 1. The van der Waals surface area contributed by atoms with Crippen LogP contribution in [0.3, 0.4) is 0 Å². The van der Waals surface area contributed by atoms with Gasteiger partial charge in [0.2, 0.25) is 0 Å². The predicted octanol–water partition coefficient (Wildman–Crippen LogP) is 3.77. The molecule has 0 atom stereocenters. The zero-order valence-corrected chi connectivity index (χ0v) is 11.8. The van der Waals surface area contributed by atoms with Gasteiger partial charge in [-0.2, -0.15) is 0 Å². The number of nitrogens with one attached hydrogen (secondary N) is 1. The highest BCUT2D eigenvalue weighted by molar-refractivity contribution is 7.18. The summed E-state index contributed by atoms with van der Waals surface area (Å²) in [6.45, 7) is 4.80. The molecule has 0 spiro atoms. The average Bonchev–Trinajstić information content (AvgIpc) is 3.03. The fourth-order valence-corrected chi connectivity index (χ4v) is 2.86. The Morgan fingerprint density at radius 3 is 3.00 bits per heavy atom. The molecular weight excluding hydrogens is 258 g/mol. The molecule has 0 unspecified atom stereocenters. The number of rotatable bonds is 4. The van der Waals surface area contributed by atoms with Gasteiger partial charge in [-0.1, -0.05) is 6.92 Å². The van der Waals surface area contributed by atoms with Gasteiger partial charge in [-0.25, -0.2) is 9.97 Å². The van der Waals surface area contributed by atoms with Gasteiger partial charge in [-0.3, -0.25) is 0 Å². The normalized spacial score (nSPS) is 11.1. The number of hydrogen-bond acceptors (Lipinski definition) is 5. The van der Waals surface area contributed by atoms with Crippen molar-refractivity contribution in [2.45, 2.75) is 26.8 Å². The largest absolute Gasteiger partial charge is 0.467 e. The lowest BCUT2D eigenvalue weighted by Crippen LogP contribution is -2.03. The molecule has 98 valence electrons. The van der Waals surface area contributed by atoms with Gasteiger partial charge in [-0.05, 0) is 25.1 Å². The minimum Gasteiger partial charge on any atom is -0.467 e. The second-order valence-corrected chi connectivity index (χ2v) is 5.59. The van der Waals surface area contributed by atoms with Gasteiger partial charge < -0.3 is 9.73 Å². The van der Waals surface area contributed by atoms with Gasteiger partial charge in [0.05, 0.1) is 18.2 Å². The maximum atomic E-state index is 5.33. The van der Waals surface area contributed by atoms with Crippen LogP contribution in [0, 0.1) is 6.92 Å². The van der Waals surface area contributed by atoms with Crippen molar-refractivity contribution in [2.75, 3.05) is 5.32 Å². The third kappa shape index (κ3) is 2.46. The summed E-state index contributed by atoms with van der Waals surface area (Å²) in [5.41, 5.74) is 0. The molecule has 0 fully saturated rings. The van der Waals surface area contributed by atoms with Crippen molar-refractivity contribution in [2.24, 2.45) is 0 Å². The Labute approximate surface area is 115 Å². The summed E-state index contributed by atoms with van der Waals surface area (Å²) in [6.07, 6.45) is 2.51. The van der Waals surface area contributed by atoms with Crippen LogP contribution in [0.5, 0.6) is 0 Å². The first-order chi connectivity index (χ1) is 9.26. The van der Waals surface area contributed by atoms with Gasteiger partial charge in [0.25, 0.3) is 0 Å². The van der Waals surface area contributed by atoms with E-state index in [1.807, 2.05) is 12.1 Å². The van der Waals surface area contributed by atoms with Crippen molar-refractivity contribution in [1.29, 1.82) is 0 Å². The van der Waals surface area contributed by atoms with E-state index in [0.29, 0.717) is 6.54 Å². The molecule has 0 bridgehead atoms. The molecule has 0 aliphatic carbocycles. The minimum atomic E-state index is 0.636. The number of nitrogens with zero attached hydrogens (tertiary/aromatic N) is 2. The van der Waals surface area contributed by atoms with Crippen LogP contribution < -0.4 is 5.32 Å². The highest BCUT2D eigenvalue weighted by atomic mass is 32.1. The molecule has 0 aliphatic rings. The fraction of sp³-hybridized carbons (Fsp3) is 0.286. The van der Waals surface area contributed by atoms with E-state index in [1.54, 1.807) is 17.6 Å². The molecule has 3 aromatic rings. The lowest BCUT2D eigenvalue weighted by Gasteiger charge is -2.06. The van der Waals surface area contributed by atoms with Gasteiger partial charge in [0.1, 0.15) is 22.2 Å². The standard InChI is InChI=1S/C14H15N3OS/c1-3-12-16-13(15-8-10-5-4-6-18-10)11-7-9(2)19-14(11)17-12/h4-7H,3,8H2,1-2H3,(H,15,16,17). The molecule has 1 N–H and O–H groups in total. The highest BCUT2D eigenvalue weighted by Crippen LogP contribution is 2.28. The van der Waals surface area contributed by atoms with E-state index in [4.69, 9.17) is 4.42 Å². The molecule has 4 nitrogen and oxygen atoms in total. The Morgan fingerprint density at radius 2 is 2.26 bits per heavy atom. The fourth-order valence-electron chi connectivity index (χ4n) is 1.96. The molecule has 19 heavy (non-hydrogen) atoms. The quantitative estimate of drug-likeness (QED) is 0.786. The van der Waals surface area contributed by atoms with Gasteiger partial charge >= 0.3 is 0 Å². The van der Waals surface area contributed by atoms with E-state index >= 15 is 0 Å². The molecule has 3 rings (SSSR count). The summed E-state index contributed by atoms with van der Waals surface area (Å²) in [4.78, 5) is 11.4. The summed E-state index contributed by atoms with van der Waals surface area (Å²) in [5.74, 6) is 2.66. The van der Waals surface area contributed by atoms with Crippen LogP contribution in [0.2, 0.25) is 0 Å². The first-order valence-electron chi connectivity index (χ1n) is 6.29. The molecule has 3 heterocycles. The van der Waals surface area contributed by atoms with E-state index < -0.39 is 0 Å². The summed E-state index contributed by atoms with van der Waals surface area (Å²) in [6, 6.07) is 5.97. The Morgan fingerprint density at radius 1 is 1.37 bits per heavy atom. The summed E-state index contributed by atoms with van der Waals surface area (Å²) < 4.78 is 5.33. The third-order valence-electron chi connectivity index (χ3n) is 2.89. The summed E-state index contributed by atoms with van der Waals surface area (Å²) in [7, 11) is 0. The van der Waals surface area contributed by atoms with E-state index in [-0.39, 0.29) is 0 Å². The van der Waals surface area contributed by atoms with E-state index in [9.17, 15) is 0 Å². The molecule has 0 saturated carbocycles. The Balaban J connectivity index is 1.96. The van der Waals surface area contributed by atoms with Crippen LogP contribution in [-0.4, -0.2) is 9.97 Å². The topological polar surface area (TPSA) is 51.0 Å². The van der Waals surface area contributed by atoms with Crippen molar-refractivity contribution in [3.63, 3.8) is 0 Å². The number of aromatic nitrogens is 2. The molecule has 0 aliphatic heterocycles. The lowest BCUT2D eigenvalue weighted by molar-refractivity contribution is 0.518. The molecule has 0 amide bonds. The third-order valence-corrected chi connectivity index (χ3v) is 3.83. The minimum absolute atomic E-state index is 0.636. The molecule has 0 saturated heterocycles. The first kappa shape index (κ1) is 12.2. The van der Waals surface area contributed by atoms with Crippen molar-refractivity contribution < 1.29 is 4.42 Å². The Kier molecular flexibility index (Phi) is 3.21. The number of thiophene rings is 1. The van der Waals surface area contributed by atoms with Gasteiger partial charge in [0.15, 0.2) is 0 Å². The van der Waals surface area contributed by atoms with Crippen molar-refractivity contribution in [3.05, 3.63) is 40.9 Å². The summed E-state index contributed by atoms with van der Waals surface area (Å²) in [5, 5.41) is 4.43. The molecule has 5 heteroatoms. The highest BCUT2D eigenvalue weighted by Gasteiger charge is 2.10. The number of fused-ring (bicyclic) bond motifs is 1. The van der Waals surface area contributed by atoms with Crippen molar-refractivity contribution in [3.8, 4) is 0 Å². The number of hydrogen-bond donors (Lipinski definition) is 1. The average molecular weight is 273 g/mol. The summed E-state index contributed by atoms with van der Waals surface area (Å²) >= 11 is 1.70. The van der Waals surface area contributed by atoms with Crippen LogP contribution in [0.15, 0.2) is 28.9 Å². The molecule has 0 radical (unpaired) electrons. The lowest BCUT2D eigenvalue weighted by atomic mass is 10.3. The number of aryl methyl sites for hydroxylation is 2. The maximum Gasteiger partial charge on any atom is 0.138 e. The Hall–Kier alpha value is -1.88. The second kappa shape index (κ2) is 5.01. The van der Waals surface area contributed by atoms with E-state index in [1.165, 1.54) is 4.88 Å². The first-order valence-corrected chi connectivity index (χ1v) is 7.11. The van der Waals surface area contributed by atoms with Crippen molar-refractivity contribution >= 4 is 27.4 Å². The second-order valence-electron chi connectivity index (χ2n) is 4.35. The van der Waals surface area contributed by atoms with Crippen molar-refractivity contribution in [1.82, 2.24) is 9.97 Å². The monoisotopic (exact) mass is 273 g/mol. The molecule has 0 aromatic carbocycles. The SMILES string of the molecule is CCc1nc(NCc2ccco2)c2cc(C)sc2n1. The van der Waals surface area contributed by atoms with Crippen LogP contribution in [0.25, 0.3) is 10.2 Å². The van der Waals surface area contributed by atoms with E-state index in [2.05, 4.69) is 35.2 Å². The van der Waals surface area contributed by atoms with E-state index in [0.717, 1.165) is 34.0 Å². The van der Waals surface area contributed by atoms with Gasteiger partial charge in [0, 0.05) is 11.3 Å². The van der Waals surface area contributed by atoms with Gasteiger partial charge in [-0.15, -0.1) is 11.3 Å². The zero-order chi connectivity index (χ0) is 13.2. The van der Waals surface area contributed by atoms with Crippen LogP contribution in [-0.2, 0) is 13.0 Å². The van der Waals surface area contributed by atoms with Crippen LogP contribution >= 0.6 is 11.3 Å². The zero-order valence-electron chi connectivity index (χ0n) is 10.9. The molecule has 3 aromatic heterocycles. The smallest absolute Gasteiger partial charge is 0.138 e. The van der Waals surface area contributed by atoms with Crippen LogP contribution in [0.1, 0.15) is 23.4 Å². The maximum absolute atomic E-state index is 5.33. The Bertz CT molecular complexity index is 688. The van der Waals surface area contributed by atoms with Crippen LogP contribution in [0.4, 0.5) is 5.82 Å².